The number of anilines is 1. The number of fused-ring (bicyclic) bond motifs is 1. The van der Waals surface area contributed by atoms with E-state index in [9.17, 15) is 13.2 Å². The second kappa shape index (κ2) is 6.38. The van der Waals surface area contributed by atoms with Gasteiger partial charge >= 0.3 is 0 Å². The van der Waals surface area contributed by atoms with Gasteiger partial charge < -0.3 is 4.90 Å². The maximum atomic E-state index is 12.6. The molecule has 2 rings (SSSR count). The molecule has 0 N–H and O–H groups in total. The summed E-state index contributed by atoms with van der Waals surface area (Å²) in [5, 5.41) is 0. The van der Waals surface area contributed by atoms with E-state index in [4.69, 9.17) is 0 Å². The van der Waals surface area contributed by atoms with Gasteiger partial charge in [0, 0.05) is 31.2 Å². The van der Waals surface area contributed by atoms with Gasteiger partial charge in [-0.2, -0.15) is 4.31 Å². The Morgan fingerprint density at radius 3 is 2.45 bits per heavy atom. The van der Waals surface area contributed by atoms with Crippen molar-refractivity contribution in [2.24, 2.45) is 5.92 Å². The molecule has 1 aliphatic heterocycles. The number of carbonyl (C=O) groups excluding carboxylic acids is 1. The molecule has 0 spiro atoms. The van der Waals surface area contributed by atoms with Crippen molar-refractivity contribution in [3.05, 3.63) is 23.8 Å². The van der Waals surface area contributed by atoms with Crippen LogP contribution >= 0.6 is 0 Å². The Morgan fingerprint density at radius 2 is 1.91 bits per heavy atom. The first-order valence-electron chi connectivity index (χ1n) is 7.77. The summed E-state index contributed by atoms with van der Waals surface area (Å²) < 4.78 is 26.6. The Balaban J connectivity index is 2.37. The van der Waals surface area contributed by atoms with E-state index in [2.05, 4.69) is 0 Å². The Kier molecular flexibility index (Phi) is 4.92. The number of sulfonamides is 1. The highest BCUT2D eigenvalue weighted by Crippen LogP contribution is 2.32. The molecule has 0 bridgehead atoms. The Bertz CT molecular complexity index is 664. The minimum Gasteiger partial charge on any atom is -0.312 e. The Morgan fingerprint density at radius 1 is 1.27 bits per heavy atom. The summed E-state index contributed by atoms with van der Waals surface area (Å²) in [5.74, 6) is 0.0168. The predicted molar refractivity (Wildman–Crippen MR) is 87.4 cm³/mol. The van der Waals surface area contributed by atoms with Gasteiger partial charge in [-0.25, -0.2) is 8.42 Å². The SMILES string of the molecule is CCN(CC)S(=O)(=O)c1ccc2c(c1)CCN2C(=O)C(C)C. The zero-order valence-electron chi connectivity index (χ0n) is 13.7. The topological polar surface area (TPSA) is 57.7 Å². The van der Waals surface area contributed by atoms with Crippen LogP contribution in [0.3, 0.4) is 0 Å². The summed E-state index contributed by atoms with van der Waals surface area (Å²) in [7, 11) is -3.45. The molecular formula is C16H24N2O3S. The van der Waals surface area contributed by atoms with Crippen LogP contribution in [0.2, 0.25) is 0 Å². The molecule has 1 amide bonds. The van der Waals surface area contributed by atoms with Crippen molar-refractivity contribution in [2.75, 3.05) is 24.5 Å². The summed E-state index contributed by atoms with van der Waals surface area (Å²) in [6, 6.07) is 5.09. The highest BCUT2D eigenvalue weighted by Gasteiger charge is 2.29. The fraction of sp³-hybridized carbons (Fsp3) is 0.562. The summed E-state index contributed by atoms with van der Waals surface area (Å²) >= 11 is 0. The van der Waals surface area contributed by atoms with E-state index in [-0.39, 0.29) is 11.8 Å². The Labute approximate surface area is 133 Å². The average molecular weight is 324 g/mol. The number of hydrogen-bond donors (Lipinski definition) is 0. The third-order valence-electron chi connectivity index (χ3n) is 4.05. The van der Waals surface area contributed by atoms with E-state index in [0.717, 1.165) is 11.3 Å². The molecule has 0 fully saturated rings. The molecule has 0 radical (unpaired) electrons. The smallest absolute Gasteiger partial charge is 0.243 e. The minimum atomic E-state index is -3.45. The number of carbonyl (C=O) groups is 1. The quantitative estimate of drug-likeness (QED) is 0.835. The van der Waals surface area contributed by atoms with Crippen LogP contribution < -0.4 is 4.90 Å². The molecule has 0 aromatic heterocycles. The maximum Gasteiger partial charge on any atom is 0.243 e. The van der Waals surface area contributed by atoms with Crippen LogP contribution in [0.25, 0.3) is 0 Å². The molecule has 122 valence electrons. The first kappa shape index (κ1) is 17.0. The third kappa shape index (κ3) is 2.90. The van der Waals surface area contributed by atoms with Gasteiger partial charge in [0.05, 0.1) is 4.90 Å². The van der Waals surface area contributed by atoms with E-state index < -0.39 is 10.0 Å². The lowest BCUT2D eigenvalue weighted by Gasteiger charge is -2.21. The van der Waals surface area contributed by atoms with Gasteiger partial charge in [0.25, 0.3) is 0 Å². The number of hydrogen-bond acceptors (Lipinski definition) is 3. The summed E-state index contributed by atoms with van der Waals surface area (Å²) in [6.45, 7) is 8.94. The molecule has 1 aromatic rings. The predicted octanol–water partition coefficient (Wildman–Crippen LogP) is 2.26. The lowest BCUT2D eigenvalue weighted by Crippen LogP contribution is -2.32. The first-order valence-corrected chi connectivity index (χ1v) is 9.21. The molecule has 5 nitrogen and oxygen atoms in total. The second-order valence-electron chi connectivity index (χ2n) is 5.77. The van der Waals surface area contributed by atoms with Gasteiger partial charge in [0.2, 0.25) is 15.9 Å². The van der Waals surface area contributed by atoms with Crippen molar-refractivity contribution in [1.29, 1.82) is 0 Å². The molecule has 1 heterocycles. The zero-order valence-corrected chi connectivity index (χ0v) is 14.5. The average Bonchev–Trinajstić information content (AvgIpc) is 2.90. The van der Waals surface area contributed by atoms with E-state index in [1.54, 1.807) is 23.1 Å². The highest BCUT2D eigenvalue weighted by atomic mass is 32.2. The van der Waals surface area contributed by atoms with Crippen LogP contribution in [0, 0.1) is 5.92 Å². The molecule has 0 aliphatic carbocycles. The molecule has 0 atom stereocenters. The molecule has 1 aromatic carbocycles. The van der Waals surface area contributed by atoms with Crippen LogP contribution in [0.5, 0.6) is 0 Å². The maximum absolute atomic E-state index is 12.6. The van der Waals surface area contributed by atoms with Gasteiger partial charge in [0.15, 0.2) is 0 Å². The third-order valence-corrected chi connectivity index (χ3v) is 6.10. The molecule has 0 unspecified atom stereocenters. The summed E-state index contributed by atoms with van der Waals surface area (Å²) in [4.78, 5) is 14.3. The fourth-order valence-electron chi connectivity index (χ4n) is 2.79. The normalized spacial score (nSPS) is 14.7. The molecule has 0 saturated heterocycles. The minimum absolute atomic E-state index is 0.0648. The largest absolute Gasteiger partial charge is 0.312 e. The number of amides is 1. The summed E-state index contributed by atoms with van der Waals surface area (Å²) in [5.41, 5.74) is 1.78. The lowest BCUT2D eigenvalue weighted by atomic mass is 10.1. The van der Waals surface area contributed by atoms with E-state index in [1.165, 1.54) is 4.31 Å². The molecular weight excluding hydrogens is 300 g/mol. The van der Waals surface area contributed by atoms with Crippen molar-refractivity contribution in [3.63, 3.8) is 0 Å². The van der Waals surface area contributed by atoms with Crippen LogP contribution in [0.4, 0.5) is 5.69 Å². The number of rotatable bonds is 5. The van der Waals surface area contributed by atoms with Gasteiger partial charge in [0.1, 0.15) is 0 Å². The first-order chi connectivity index (χ1) is 10.3. The van der Waals surface area contributed by atoms with Gasteiger partial charge in [-0.1, -0.05) is 27.7 Å². The van der Waals surface area contributed by atoms with Crippen LogP contribution in [-0.4, -0.2) is 38.3 Å². The van der Waals surface area contributed by atoms with E-state index in [0.29, 0.717) is 31.0 Å². The van der Waals surface area contributed by atoms with Crippen LogP contribution in [0.15, 0.2) is 23.1 Å². The van der Waals surface area contributed by atoms with Crippen LogP contribution in [-0.2, 0) is 21.2 Å². The standard InChI is InChI=1S/C16H24N2O3S/c1-5-17(6-2)22(20,21)14-7-8-15-13(11-14)9-10-18(15)16(19)12(3)4/h7-8,11-12H,5-6,9-10H2,1-4H3. The fourth-order valence-corrected chi connectivity index (χ4v) is 4.30. The molecule has 1 aliphatic rings. The van der Waals surface area contributed by atoms with Crippen molar-refractivity contribution in [2.45, 2.75) is 39.0 Å². The zero-order chi connectivity index (χ0) is 16.5. The van der Waals surface area contributed by atoms with Gasteiger partial charge in [-0.15, -0.1) is 0 Å². The molecule has 22 heavy (non-hydrogen) atoms. The van der Waals surface area contributed by atoms with E-state index in [1.807, 2.05) is 27.7 Å². The van der Waals surface area contributed by atoms with Crippen molar-refractivity contribution in [3.8, 4) is 0 Å². The molecule has 6 heteroatoms. The Hall–Kier alpha value is -1.40. The van der Waals surface area contributed by atoms with E-state index >= 15 is 0 Å². The lowest BCUT2D eigenvalue weighted by molar-refractivity contribution is -0.121. The van der Waals surface area contributed by atoms with Crippen molar-refractivity contribution in [1.82, 2.24) is 4.31 Å². The highest BCUT2D eigenvalue weighted by molar-refractivity contribution is 7.89. The van der Waals surface area contributed by atoms with Crippen molar-refractivity contribution >= 4 is 21.6 Å². The van der Waals surface area contributed by atoms with Gasteiger partial charge in [-0.3, -0.25) is 4.79 Å². The number of nitrogens with zero attached hydrogens (tertiary/aromatic N) is 2. The number of benzene rings is 1. The second-order valence-corrected chi connectivity index (χ2v) is 7.71. The molecule has 0 saturated carbocycles. The summed E-state index contributed by atoms with van der Waals surface area (Å²) in [6.07, 6.45) is 0.704. The van der Waals surface area contributed by atoms with Gasteiger partial charge in [-0.05, 0) is 30.2 Å². The van der Waals surface area contributed by atoms with Crippen molar-refractivity contribution < 1.29 is 13.2 Å². The monoisotopic (exact) mass is 324 g/mol. The van der Waals surface area contributed by atoms with Crippen LogP contribution in [0.1, 0.15) is 33.3 Å².